The van der Waals surface area contributed by atoms with Crippen molar-refractivity contribution in [2.75, 3.05) is 6.54 Å². The molecule has 2 N–H and O–H groups in total. The number of nitrogens with one attached hydrogen (secondary N) is 2. The smallest absolute Gasteiger partial charge is 0.0409 e. The molecule has 3 unspecified atom stereocenters. The minimum atomic E-state index is 0.371. The maximum absolute atomic E-state index is 6.13. The molecule has 0 amide bonds. The van der Waals surface area contributed by atoms with Gasteiger partial charge in [-0.05, 0) is 62.8 Å². The highest BCUT2D eigenvalue weighted by Gasteiger charge is 2.33. The van der Waals surface area contributed by atoms with E-state index in [1.54, 1.807) is 0 Å². The monoisotopic (exact) mass is 306 g/mol. The van der Waals surface area contributed by atoms with Crippen LogP contribution in [0.25, 0.3) is 0 Å². The third-order valence-electron chi connectivity index (χ3n) is 5.25. The lowest BCUT2D eigenvalue weighted by atomic mass is 9.79. The average Bonchev–Trinajstić information content (AvgIpc) is 3.02. The summed E-state index contributed by atoms with van der Waals surface area (Å²) in [5.74, 6) is 0.794. The summed E-state index contributed by atoms with van der Waals surface area (Å²) in [4.78, 5) is 0. The van der Waals surface area contributed by atoms with E-state index in [2.05, 4.69) is 29.7 Å². The van der Waals surface area contributed by atoms with Crippen molar-refractivity contribution in [2.24, 2.45) is 5.92 Å². The van der Waals surface area contributed by atoms with E-state index in [4.69, 9.17) is 11.6 Å². The second-order valence-electron chi connectivity index (χ2n) is 6.70. The fourth-order valence-electron chi connectivity index (χ4n) is 4.12. The van der Waals surface area contributed by atoms with Gasteiger partial charge < -0.3 is 10.6 Å². The van der Waals surface area contributed by atoms with Crippen LogP contribution in [-0.4, -0.2) is 18.6 Å². The third-order valence-corrected chi connectivity index (χ3v) is 5.48. The van der Waals surface area contributed by atoms with Gasteiger partial charge in [0.1, 0.15) is 0 Å². The van der Waals surface area contributed by atoms with E-state index in [0.717, 1.165) is 17.0 Å². The fourth-order valence-corrected chi connectivity index (χ4v) is 4.32. The Hall–Kier alpha value is -0.570. The van der Waals surface area contributed by atoms with Crippen LogP contribution in [0.4, 0.5) is 0 Å². The largest absolute Gasteiger partial charge is 0.314 e. The van der Waals surface area contributed by atoms with Crippen molar-refractivity contribution in [3.05, 3.63) is 34.9 Å². The van der Waals surface area contributed by atoms with Crippen LogP contribution in [0, 0.1) is 5.92 Å². The molecule has 2 nitrogen and oxygen atoms in total. The highest BCUT2D eigenvalue weighted by Crippen LogP contribution is 2.32. The van der Waals surface area contributed by atoms with E-state index in [-0.39, 0.29) is 0 Å². The summed E-state index contributed by atoms with van der Waals surface area (Å²) in [5, 5.41) is 8.44. The highest BCUT2D eigenvalue weighted by atomic mass is 35.5. The van der Waals surface area contributed by atoms with Gasteiger partial charge in [0.25, 0.3) is 0 Å². The normalized spacial score (nSPS) is 31.2. The topological polar surface area (TPSA) is 24.1 Å². The van der Waals surface area contributed by atoms with Crippen LogP contribution in [0.15, 0.2) is 24.3 Å². The minimum absolute atomic E-state index is 0.371. The second kappa shape index (κ2) is 7.13. The zero-order chi connectivity index (χ0) is 14.7. The SMILES string of the molecule is C[C@H](NC1CCCCC1C1CCCN1)c1cccc(Cl)c1. The first-order valence-electron chi connectivity index (χ1n) is 8.49. The van der Waals surface area contributed by atoms with Crippen molar-refractivity contribution in [1.29, 1.82) is 0 Å². The van der Waals surface area contributed by atoms with Gasteiger partial charge >= 0.3 is 0 Å². The van der Waals surface area contributed by atoms with Gasteiger partial charge in [-0.25, -0.2) is 0 Å². The fraction of sp³-hybridized carbons (Fsp3) is 0.667. The Morgan fingerprint density at radius 3 is 2.81 bits per heavy atom. The first kappa shape index (κ1) is 15.3. The van der Waals surface area contributed by atoms with Gasteiger partial charge in [-0.15, -0.1) is 0 Å². The van der Waals surface area contributed by atoms with E-state index in [0.29, 0.717) is 12.1 Å². The number of benzene rings is 1. The molecule has 2 aliphatic rings. The first-order valence-corrected chi connectivity index (χ1v) is 8.87. The van der Waals surface area contributed by atoms with Crippen LogP contribution in [-0.2, 0) is 0 Å². The third kappa shape index (κ3) is 3.80. The molecule has 116 valence electrons. The van der Waals surface area contributed by atoms with Crippen molar-refractivity contribution in [1.82, 2.24) is 10.6 Å². The minimum Gasteiger partial charge on any atom is -0.314 e. The number of hydrogen-bond donors (Lipinski definition) is 2. The summed E-state index contributed by atoms with van der Waals surface area (Å²) in [6, 6.07) is 10.0. The second-order valence-corrected chi connectivity index (χ2v) is 7.14. The standard InChI is InChI=1S/C18H27ClN2/c1-13(14-6-4-7-15(19)12-14)21-18-9-3-2-8-16(18)17-10-5-11-20-17/h4,6-7,12-13,16-18,20-21H,2-3,5,8-11H2,1H3/t13-,16?,17?,18?/m0/s1. The molecule has 1 aromatic rings. The van der Waals surface area contributed by atoms with E-state index in [9.17, 15) is 0 Å². The zero-order valence-corrected chi connectivity index (χ0v) is 13.7. The van der Waals surface area contributed by atoms with Gasteiger partial charge in [0.2, 0.25) is 0 Å². The van der Waals surface area contributed by atoms with Crippen molar-refractivity contribution in [3.63, 3.8) is 0 Å². The number of hydrogen-bond acceptors (Lipinski definition) is 2. The molecule has 1 aromatic carbocycles. The quantitative estimate of drug-likeness (QED) is 0.866. The maximum Gasteiger partial charge on any atom is 0.0409 e. The van der Waals surface area contributed by atoms with E-state index in [1.165, 1.54) is 50.6 Å². The van der Waals surface area contributed by atoms with Gasteiger partial charge in [0.15, 0.2) is 0 Å². The zero-order valence-electron chi connectivity index (χ0n) is 12.9. The van der Waals surface area contributed by atoms with Crippen LogP contribution >= 0.6 is 11.6 Å². The molecule has 3 rings (SSSR count). The molecule has 1 saturated carbocycles. The van der Waals surface area contributed by atoms with Crippen molar-refractivity contribution in [3.8, 4) is 0 Å². The lowest BCUT2D eigenvalue weighted by Crippen LogP contribution is -2.47. The highest BCUT2D eigenvalue weighted by molar-refractivity contribution is 6.30. The molecule has 0 bridgehead atoms. The van der Waals surface area contributed by atoms with Gasteiger partial charge in [-0.2, -0.15) is 0 Å². The molecule has 1 aliphatic carbocycles. The predicted octanol–water partition coefficient (Wildman–Crippen LogP) is 4.30. The van der Waals surface area contributed by atoms with Crippen molar-refractivity contribution >= 4 is 11.6 Å². The summed E-state index contributed by atoms with van der Waals surface area (Å²) in [6.45, 7) is 3.47. The summed E-state index contributed by atoms with van der Waals surface area (Å²) >= 11 is 6.13. The lowest BCUT2D eigenvalue weighted by Gasteiger charge is -2.38. The summed E-state index contributed by atoms with van der Waals surface area (Å²) in [6.07, 6.45) is 8.15. The van der Waals surface area contributed by atoms with E-state index >= 15 is 0 Å². The Morgan fingerprint density at radius 1 is 1.19 bits per heavy atom. The molecule has 0 radical (unpaired) electrons. The lowest BCUT2D eigenvalue weighted by molar-refractivity contribution is 0.203. The predicted molar refractivity (Wildman–Crippen MR) is 89.8 cm³/mol. The Morgan fingerprint density at radius 2 is 2.05 bits per heavy atom. The summed E-state index contributed by atoms with van der Waals surface area (Å²) < 4.78 is 0. The molecule has 0 spiro atoms. The van der Waals surface area contributed by atoms with Crippen LogP contribution in [0.1, 0.15) is 57.1 Å². The molecule has 1 aliphatic heterocycles. The molecular weight excluding hydrogens is 280 g/mol. The molecule has 1 saturated heterocycles. The Kier molecular flexibility index (Phi) is 5.20. The number of rotatable bonds is 4. The van der Waals surface area contributed by atoms with E-state index in [1.807, 2.05) is 12.1 Å². The molecule has 3 heteroatoms. The van der Waals surface area contributed by atoms with E-state index < -0.39 is 0 Å². The van der Waals surface area contributed by atoms with Crippen molar-refractivity contribution in [2.45, 2.75) is 63.6 Å². The molecule has 4 atom stereocenters. The van der Waals surface area contributed by atoms with Crippen LogP contribution in [0.5, 0.6) is 0 Å². The average molecular weight is 307 g/mol. The van der Waals surface area contributed by atoms with Crippen LogP contribution in [0.3, 0.4) is 0 Å². The van der Waals surface area contributed by atoms with Crippen LogP contribution in [0.2, 0.25) is 5.02 Å². The first-order chi connectivity index (χ1) is 10.2. The van der Waals surface area contributed by atoms with Gasteiger partial charge in [0, 0.05) is 23.1 Å². The molecule has 0 aromatic heterocycles. The van der Waals surface area contributed by atoms with Gasteiger partial charge in [0.05, 0.1) is 0 Å². The molecule has 2 fully saturated rings. The van der Waals surface area contributed by atoms with Crippen LogP contribution < -0.4 is 10.6 Å². The molecule has 21 heavy (non-hydrogen) atoms. The molecular formula is C18H27ClN2. The Balaban J connectivity index is 1.66. The Bertz CT molecular complexity index is 456. The number of halogens is 1. The maximum atomic E-state index is 6.13. The summed E-state index contributed by atoms with van der Waals surface area (Å²) in [5.41, 5.74) is 1.30. The van der Waals surface area contributed by atoms with Gasteiger partial charge in [-0.3, -0.25) is 0 Å². The van der Waals surface area contributed by atoms with Gasteiger partial charge in [-0.1, -0.05) is 36.6 Å². The Labute approximate surface area is 133 Å². The van der Waals surface area contributed by atoms with Crippen molar-refractivity contribution < 1.29 is 0 Å². The summed E-state index contributed by atoms with van der Waals surface area (Å²) in [7, 11) is 0. The molecule has 1 heterocycles.